The van der Waals surface area contributed by atoms with Crippen LogP contribution in [-0.2, 0) is 10.0 Å². The van der Waals surface area contributed by atoms with Gasteiger partial charge in [0.2, 0.25) is 10.0 Å². The molecule has 0 radical (unpaired) electrons. The fourth-order valence-electron chi connectivity index (χ4n) is 2.01. The lowest BCUT2D eigenvalue weighted by atomic mass is 10.1. The number of unbranched alkanes of at least 4 members (excludes halogenated alkanes) is 9. The van der Waals surface area contributed by atoms with E-state index in [1.165, 1.54) is 44.9 Å². The Morgan fingerprint density at radius 3 is 1.68 bits per heavy atom. The summed E-state index contributed by atoms with van der Waals surface area (Å²) >= 11 is 0. The quantitative estimate of drug-likeness (QED) is 0.381. The van der Waals surface area contributed by atoms with E-state index < -0.39 is 10.0 Å². The Hall–Kier alpha value is -0.130. The predicted octanol–water partition coefficient (Wildman–Crippen LogP) is 3.35. The molecular weight excluding hydrogens is 260 g/mol. The number of hydrogen-bond donors (Lipinski definition) is 2. The molecule has 0 saturated heterocycles. The first-order valence-corrected chi connectivity index (χ1v) is 9.50. The van der Waals surface area contributed by atoms with Crippen LogP contribution in [0.1, 0.15) is 78.1 Å². The summed E-state index contributed by atoms with van der Waals surface area (Å²) in [7, 11) is -3.11. The van der Waals surface area contributed by atoms with Gasteiger partial charge in [-0.25, -0.2) is 13.8 Å². The minimum absolute atomic E-state index is 0.233. The normalized spacial score (nSPS) is 11.9. The fraction of sp³-hybridized carbons (Fsp3) is 1.00. The third-order valence-corrected chi connectivity index (χ3v) is 4.45. The zero-order valence-electron chi connectivity index (χ0n) is 12.7. The maximum Gasteiger partial charge on any atom is 0.224 e. The molecule has 116 valence electrons. The van der Waals surface area contributed by atoms with Crippen LogP contribution >= 0.6 is 0 Å². The third-order valence-electron chi connectivity index (χ3n) is 3.17. The highest BCUT2D eigenvalue weighted by Crippen LogP contribution is 2.10. The van der Waals surface area contributed by atoms with Gasteiger partial charge in [-0.05, 0) is 6.42 Å². The minimum atomic E-state index is -3.11. The van der Waals surface area contributed by atoms with Crippen molar-refractivity contribution in [3.05, 3.63) is 0 Å². The Bertz CT molecular complexity index is 279. The van der Waals surface area contributed by atoms with Crippen LogP contribution in [0.15, 0.2) is 0 Å². The van der Waals surface area contributed by atoms with Crippen molar-refractivity contribution in [3.63, 3.8) is 0 Å². The van der Waals surface area contributed by atoms with Crippen LogP contribution in [-0.4, -0.2) is 20.7 Å². The molecule has 0 aliphatic carbocycles. The molecule has 0 aliphatic heterocycles. The molecule has 0 aromatic carbocycles. The van der Waals surface area contributed by atoms with Crippen molar-refractivity contribution in [3.8, 4) is 0 Å². The van der Waals surface area contributed by atoms with Gasteiger partial charge >= 0.3 is 0 Å². The van der Waals surface area contributed by atoms with Crippen LogP contribution in [0.5, 0.6) is 0 Å². The third kappa shape index (κ3) is 14.1. The van der Waals surface area contributed by atoms with E-state index in [1.807, 2.05) is 6.92 Å². The van der Waals surface area contributed by atoms with Gasteiger partial charge in [0.25, 0.3) is 0 Å². The summed E-state index contributed by atoms with van der Waals surface area (Å²) in [6, 6.07) is 0. The largest absolute Gasteiger partial charge is 0.244 e. The second kappa shape index (κ2) is 12.9. The highest BCUT2D eigenvalue weighted by molar-refractivity contribution is 7.89. The molecule has 0 aromatic heterocycles. The summed E-state index contributed by atoms with van der Waals surface area (Å²) in [5, 5.41) is 0. The van der Waals surface area contributed by atoms with Crippen LogP contribution in [0.2, 0.25) is 0 Å². The second-order valence-electron chi connectivity index (χ2n) is 5.13. The van der Waals surface area contributed by atoms with E-state index >= 15 is 0 Å². The molecule has 0 atom stereocenters. The van der Waals surface area contributed by atoms with E-state index in [0.29, 0.717) is 6.54 Å². The molecule has 0 rings (SSSR count). The lowest BCUT2D eigenvalue weighted by molar-refractivity contribution is 0.546. The number of hydrazine groups is 1. The molecule has 2 N–H and O–H groups in total. The van der Waals surface area contributed by atoms with Crippen LogP contribution < -0.4 is 10.3 Å². The van der Waals surface area contributed by atoms with E-state index in [4.69, 9.17) is 0 Å². The monoisotopic (exact) mass is 292 g/mol. The molecule has 4 nitrogen and oxygen atoms in total. The molecule has 0 saturated carbocycles. The predicted molar refractivity (Wildman–Crippen MR) is 82.4 cm³/mol. The van der Waals surface area contributed by atoms with Crippen LogP contribution in [0.3, 0.4) is 0 Å². The first kappa shape index (κ1) is 18.9. The van der Waals surface area contributed by atoms with E-state index in [2.05, 4.69) is 17.2 Å². The molecule has 0 spiro atoms. The molecule has 0 bridgehead atoms. The number of sulfonamides is 1. The molecule has 0 heterocycles. The van der Waals surface area contributed by atoms with Crippen molar-refractivity contribution in [1.82, 2.24) is 10.3 Å². The Morgan fingerprint density at radius 2 is 1.21 bits per heavy atom. The molecular formula is C14H32N2O2S. The van der Waals surface area contributed by atoms with E-state index in [1.54, 1.807) is 0 Å². The zero-order chi connectivity index (χ0) is 14.4. The molecule has 0 unspecified atom stereocenters. The molecule has 0 fully saturated rings. The van der Waals surface area contributed by atoms with Crippen molar-refractivity contribution in [2.24, 2.45) is 0 Å². The summed E-state index contributed by atoms with van der Waals surface area (Å²) in [5.41, 5.74) is 2.64. The van der Waals surface area contributed by atoms with Crippen molar-refractivity contribution >= 4 is 10.0 Å². The van der Waals surface area contributed by atoms with Gasteiger partial charge in [-0.15, -0.1) is 0 Å². The zero-order valence-corrected chi connectivity index (χ0v) is 13.5. The maximum atomic E-state index is 11.5. The molecule has 5 heteroatoms. The summed E-state index contributed by atoms with van der Waals surface area (Å²) in [6.07, 6.45) is 12.2. The van der Waals surface area contributed by atoms with Crippen LogP contribution in [0, 0.1) is 0 Å². The SMILES string of the molecule is CCCCCCCCCCCCS(=O)(=O)NNCC. The Morgan fingerprint density at radius 1 is 0.737 bits per heavy atom. The smallest absolute Gasteiger partial charge is 0.224 e. The molecule has 0 aliphatic rings. The van der Waals surface area contributed by atoms with Crippen molar-refractivity contribution in [2.75, 3.05) is 12.3 Å². The minimum Gasteiger partial charge on any atom is -0.244 e. The second-order valence-corrected chi connectivity index (χ2v) is 6.98. The Kier molecular flexibility index (Phi) is 12.8. The maximum absolute atomic E-state index is 11.5. The summed E-state index contributed by atoms with van der Waals surface area (Å²) in [5.74, 6) is 0.233. The first-order chi connectivity index (χ1) is 9.12. The van der Waals surface area contributed by atoms with Crippen LogP contribution in [0.4, 0.5) is 0 Å². The van der Waals surface area contributed by atoms with Gasteiger partial charge in [-0.2, -0.15) is 4.83 Å². The van der Waals surface area contributed by atoms with Crippen LogP contribution in [0.25, 0.3) is 0 Å². The van der Waals surface area contributed by atoms with Crippen molar-refractivity contribution in [1.29, 1.82) is 0 Å². The van der Waals surface area contributed by atoms with Gasteiger partial charge in [0, 0.05) is 6.54 Å². The molecule has 0 amide bonds. The summed E-state index contributed by atoms with van der Waals surface area (Å²) < 4.78 is 22.9. The highest BCUT2D eigenvalue weighted by Gasteiger charge is 2.07. The van der Waals surface area contributed by atoms with Gasteiger partial charge in [-0.3, -0.25) is 0 Å². The van der Waals surface area contributed by atoms with E-state index in [0.717, 1.165) is 19.3 Å². The number of nitrogens with one attached hydrogen (secondary N) is 2. The Labute approximate surface area is 119 Å². The average Bonchev–Trinajstić information content (AvgIpc) is 2.38. The summed E-state index contributed by atoms with van der Waals surface area (Å²) in [6.45, 7) is 4.71. The number of rotatable bonds is 14. The topological polar surface area (TPSA) is 58.2 Å². The highest BCUT2D eigenvalue weighted by atomic mass is 32.2. The Balaban J connectivity index is 3.26. The number of hydrogen-bond acceptors (Lipinski definition) is 3. The fourth-order valence-corrected chi connectivity index (χ4v) is 3.06. The van der Waals surface area contributed by atoms with Gasteiger partial charge in [0.1, 0.15) is 0 Å². The van der Waals surface area contributed by atoms with E-state index in [9.17, 15) is 8.42 Å². The van der Waals surface area contributed by atoms with Gasteiger partial charge < -0.3 is 0 Å². The van der Waals surface area contributed by atoms with Gasteiger partial charge in [0.15, 0.2) is 0 Å². The van der Waals surface area contributed by atoms with Gasteiger partial charge in [-0.1, -0.05) is 71.6 Å². The molecule has 19 heavy (non-hydrogen) atoms. The summed E-state index contributed by atoms with van der Waals surface area (Å²) in [4.78, 5) is 2.36. The standard InChI is InChI=1S/C14H32N2O2S/c1-3-5-6-7-8-9-10-11-12-13-14-19(17,18)16-15-4-2/h15-16H,3-14H2,1-2H3. The van der Waals surface area contributed by atoms with Gasteiger partial charge in [0.05, 0.1) is 5.75 Å². The molecule has 0 aromatic rings. The first-order valence-electron chi connectivity index (χ1n) is 7.84. The lowest BCUT2D eigenvalue weighted by Gasteiger charge is -2.06. The average molecular weight is 292 g/mol. The van der Waals surface area contributed by atoms with Crippen molar-refractivity contribution < 1.29 is 8.42 Å². The lowest BCUT2D eigenvalue weighted by Crippen LogP contribution is -2.38. The van der Waals surface area contributed by atoms with E-state index in [-0.39, 0.29) is 5.75 Å². The van der Waals surface area contributed by atoms with Crippen molar-refractivity contribution in [2.45, 2.75) is 78.1 Å².